The summed E-state index contributed by atoms with van der Waals surface area (Å²) in [4.78, 5) is 0. The van der Waals surface area contributed by atoms with E-state index in [0.717, 1.165) is 24.7 Å². The highest BCUT2D eigenvalue weighted by molar-refractivity contribution is 5.19. The minimum atomic E-state index is -0.479. The predicted octanol–water partition coefficient (Wildman–Crippen LogP) is 1.11. The van der Waals surface area contributed by atoms with E-state index < -0.39 is 11.6 Å². The molecule has 2 aromatic rings. The van der Waals surface area contributed by atoms with Crippen molar-refractivity contribution in [1.82, 2.24) is 25.5 Å². The molecule has 0 amide bonds. The SMILES string of the molecule is CCNCc1nnnn1Cc1cc(F)ccc1F. The van der Waals surface area contributed by atoms with Crippen molar-refractivity contribution in [2.24, 2.45) is 0 Å². The Bertz CT molecular complexity index is 526. The van der Waals surface area contributed by atoms with E-state index in [1.807, 2.05) is 6.92 Å². The summed E-state index contributed by atoms with van der Waals surface area (Å²) in [5, 5.41) is 14.2. The van der Waals surface area contributed by atoms with E-state index in [0.29, 0.717) is 12.4 Å². The third kappa shape index (κ3) is 2.86. The van der Waals surface area contributed by atoms with Gasteiger partial charge in [0.25, 0.3) is 0 Å². The lowest BCUT2D eigenvalue weighted by atomic mass is 10.2. The van der Waals surface area contributed by atoms with Gasteiger partial charge >= 0.3 is 0 Å². The van der Waals surface area contributed by atoms with Crippen LogP contribution in [0.4, 0.5) is 8.78 Å². The first-order valence-corrected chi connectivity index (χ1v) is 5.60. The minimum absolute atomic E-state index is 0.108. The minimum Gasteiger partial charge on any atom is -0.310 e. The Hall–Kier alpha value is -1.89. The van der Waals surface area contributed by atoms with Gasteiger partial charge in [-0.2, -0.15) is 0 Å². The van der Waals surface area contributed by atoms with Crippen LogP contribution < -0.4 is 5.32 Å². The number of rotatable bonds is 5. The number of aromatic nitrogens is 4. The Morgan fingerprint density at radius 1 is 1.33 bits per heavy atom. The normalized spacial score (nSPS) is 10.8. The van der Waals surface area contributed by atoms with E-state index >= 15 is 0 Å². The van der Waals surface area contributed by atoms with Crippen molar-refractivity contribution in [3.05, 3.63) is 41.2 Å². The Balaban J connectivity index is 2.18. The molecule has 0 spiro atoms. The van der Waals surface area contributed by atoms with Gasteiger partial charge in [-0.25, -0.2) is 13.5 Å². The number of halogens is 2. The van der Waals surface area contributed by atoms with Gasteiger partial charge in [0.15, 0.2) is 5.82 Å². The molecule has 0 atom stereocenters. The average Bonchev–Trinajstić information content (AvgIpc) is 2.79. The van der Waals surface area contributed by atoms with Crippen LogP contribution in [0.3, 0.4) is 0 Å². The van der Waals surface area contributed by atoms with Gasteiger partial charge in [0.1, 0.15) is 11.6 Å². The highest BCUT2D eigenvalue weighted by Crippen LogP contribution is 2.11. The maximum absolute atomic E-state index is 13.5. The number of nitrogens with zero attached hydrogens (tertiary/aromatic N) is 4. The molecular weight excluding hydrogens is 240 g/mol. The van der Waals surface area contributed by atoms with Crippen LogP contribution in [0, 0.1) is 11.6 Å². The standard InChI is InChI=1S/C11H13F2N5/c1-2-14-6-11-15-16-17-18(11)7-8-5-9(12)3-4-10(8)13/h3-5,14H,2,6-7H2,1H3. The molecule has 7 heteroatoms. The summed E-state index contributed by atoms with van der Waals surface area (Å²) >= 11 is 0. The van der Waals surface area contributed by atoms with Crippen LogP contribution in [0.25, 0.3) is 0 Å². The summed E-state index contributed by atoms with van der Waals surface area (Å²) in [6, 6.07) is 3.32. The van der Waals surface area contributed by atoms with Crippen molar-refractivity contribution in [2.75, 3.05) is 6.54 Å². The molecule has 0 saturated heterocycles. The van der Waals surface area contributed by atoms with Gasteiger partial charge in [0.2, 0.25) is 0 Å². The Kier molecular flexibility index (Phi) is 3.93. The fraction of sp³-hybridized carbons (Fsp3) is 0.364. The number of hydrogen-bond donors (Lipinski definition) is 1. The molecule has 1 aromatic carbocycles. The van der Waals surface area contributed by atoms with Gasteiger partial charge in [-0.05, 0) is 35.2 Å². The van der Waals surface area contributed by atoms with Crippen LogP contribution in [-0.4, -0.2) is 26.8 Å². The lowest BCUT2D eigenvalue weighted by Gasteiger charge is -2.06. The van der Waals surface area contributed by atoms with E-state index in [1.165, 1.54) is 4.68 Å². The highest BCUT2D eigenvalue weighted by atomic mass is 19.1. The Morgan fingerprint density at radius 3 is 2.94 bits per heavy atom. The Morgan fingerprint density at radius 2 is 2.17 bits per heavy atom. The van der Waals surface area contributed by atoms with E-state index in [2.05, 4.69) is 20.8 Å². The quantitative estimate of drug-likeness (QED) is 0.867. The van der Waals surface area contributed by atoms with Crippen molar-refractivity contribution in [2.45, 2.75) is 20.0 Å². The number of benzene rings is 1. The summed E-state index contributed by atoms with van der Waals surface area (Å²) in [7, 11) is 0. The molecule has 1 aromatic heterocycles. The third-order valence-corrected chi connectivity index (χ3v) is 2.47. The van der Waals surface area contributed by atoms with Crippen molar-refractivity contribution in [1.29, 1.82) is 0 Å². The van der Waals surface area contributed by atoms with E-state index in [4.69, 9.17) is 0 Å². The first-order valence-electron chi connectivity index (χ1n) is 5.60. The second-order valence-electron chi connectivity index (χ2n) is 3.77. The van der Waals surface area contributed by atoms with Gasteiger partial charge in [0, 0.05) is 5.56 Å². The average molecular weight is 253 g/mol. The number of hydrogen-bond acceptors (Lipinski definition) is 4. The first-order chi connectivity index (χ1) is 8.70. The maximum atomic E-state index is 13.5. The predicted molar refractivity (Wildman–Crippen MR) is 60.7 cm³/mol. The molecule has 5 nitrogen and oxygen atoms in total. The third-order valence-electron chi connectivity index (χ3n) is 2.47. The van der Waals surface area contributed by atoms with E-state index in [1.54, 1.807) is 0 Å². The van der Waals surface area contributed by atoms with Crippen LogP contribution in [0.5, 0.6) is 0 Å². The zero-order chi connectivity index (χ0) is 13.0. The molecule has 0 aliphatic heterocycles. The fourth-order valence-corrected chi connectivity index (χ4v) is 1.54. The Labute approximate surface area is 103 Å². The topological polar surface area (TPSA) is 55.6 Å². The first kappa shape index (κ1) is 12.6. The van der Waals surface area contributed by atoms with Crippen LogP contribution in [0.1, 0.15) is 18.3 Å². The number of tetrazole rings is 1. The van der Waals surface area contributed by atoms with E-state index in [-0.39, 0.29) is 12.1 Å². The van der Waals surface area contributed by atoms with Crippen LogP contribution in [0.2, 0.25) is 0 Å². The maximum Gasteiger partial charge on any atom is 0.165 e. The molecule has 1 N–H and O–H groups in total. The second-order valence-corrected chi connectivity index (χ2v) is 3.77. The molecule has 0 radical (unpaired) electrons. The molecule has 0 saturated carbocycles. The molecule has 0 fully saturated rings. The largest absolute Gasteiger partial charge is 0.310 e. The molecule has 0 aliphatic rings. The lowest BCUT2D eigenvalue weighted by Crippen LogP contribution is -2.17. The molecule has 96 valence electrons. The molecule has 2 rings (SSSR count). The molecular formula is C11H13F2N5. The van der Waals surface area contributed by atoms with Crippen molar-refractivity contribution >= 4 is 0 Å². The number of nitrogens with one attached hydrogen (secondary N) is 1. The molecule has 1 heterocycles. The zero-order valence-corrected chi connectivity index (χ0v) is 9.90. The van der Waals surface area contributed by atoms with Gasteiger partial charge < -0.3 is 5.32 Å². The van der Waals surface area contributed by atoms with Gasteiger partial charge in [-0.3, -0.25) is 0 Å². The van der Waals surface area contributed by atoms with Crippen LogP contribution >= 0.6 is 0 Å². The zero-order valence-electron chi connectivity index (χ0n) is 9.90. The lowest BCUT2D eigenvalue weighted by molar-refractivity contribution is 0.544. The van der Waals surface area contributed by atoms with Crippen LogP contribution in [0.15, 0.2) is 18.2 Å². The summed E-state index contributed by atoms with van der Waals surface area (Å²) in [6.45, 7) is 3.33. The molecule has 0 unspecified atom stereocenters. The fourth-order valence-electron chi connectivity index (χ4n) is 1.54. The van der Waals surface area contributed by atoms with Crippen molar-refractivity contribution < 1.29 is 8.78 Å². The second kappa shape index (κ2) is 5.63. The smallest absolute Gasteiger partial charge is 0.165 e. The van der Waals surface area contributed by atoms with Crippen LogP contribution in [-0.2, 0) is 13.1 Å². The monoisotopic (exact) mass is 253 g/mol. The summed E-state index contributed by atoms with van der Waals surface area (Å²) in [6.07, 6.45) is 0. The van der Waals surface area contributed by atoms with Gasteiger partial charge in [-0.1, -0.05) is 6.92 Å². The molecule has 0 aliphatic carbocycles. The summed E-state index contributed by atoms with van der Waals surface area (Å²) in [5.41, 5.74) is 0.222. The van der Waals surface area contributed by atoms with Crippen molar-refractivity contribution in [3.63, 3.8) is 0 Å². The molecule has 0 bridgehead atoms. The molecule has 18 heavy (non-hydrogen) atoms. The van der Waals surface area contributed by atoms with Gasteiger partial charge in [0.05, 0.1) is 13.1 Å². The highest BCUT2D eigenvalue weighted by Gasteiger charge is 2.09. The van der Waals surface area contributed by atoms with Crippen molar-refractivity contribution in [3.8, 4) is 0 Å². The summed E-state index contributed by atoms with van der Waals surface area (Å²) < 4.78 is 28.0. The van der Waals surface area contributed by atoms with Gasteiger partial charge in [-0.15, -0.1) is 5.10 Å². The summed E-state index contributed by atoms with van der Waals surface area (Å²) in [5.74, 6) is -0.366. The van der Waals surface area contributed by atoms with E-state index in [9.17, 15) is 8.78 Å².